The van der Waals surface area contributed by atoms with Gasteiger partial charge in [0.1, 0.15) is 16.1 Å². The number of thioether (sulfide) groups is 1. The summed E-state index contributed by atoms with van der Waals surface area (Å²) in [5.41, 5.74) is 2.22. The van der Waals surface area contributed by atoms with Crippen molar-refractivity contribution in [2.24, 2.45) is 0 Å². The monoisotopic (exact) mass is 567 g/mol. The van der Waals surface area contributed by atoms with Gasteiger partial charge >= 0.3 is 5.97 Å². The molecule has 0 aliphatic heterocycles. The van der Waals surface area contributed by atoms with Crippen molar-refractivity contribution < 1.29 is 19.1 Å². The van der Waals surface area contributed by atoms with Crippen LogP contribution in [0.4, 0.5) is 5.00 Å². The predicted molar refractivity (Wildman–Crippen MR) is 152 cm³/mol. The van der Waals surface area contributed by atoms with E-state index in [0.29, 0.717) is 27.3 Å². The van der Waals surface area contributed by atoms with E-state index in [9.17, 15) is 14.4 Å². The van der Waals surface area contributed by atoms with E-state index in [1.165, 1.54) is 17.5 Å². The normalized spacial score (nSPS) is 13.9. The summed E-state index contributed by atoms with van der Waals surface area (Å²) in [6, 6.07) is 7.24. The number of aromatic amines is 1. The molecule has 0 saturated heterocycles. The number of nitrogens with zero attached hydrogens (tertiary/aromatic N) is 3. The van der Waals surface area contributed by atoms with Crippen LogP contribution in [0.25, 0.3) is 16.7 Å². The molecule has 1 aliphatic carbocycles. The number of methoxy groups -OCH3 is 1. The van der Waals surface area contributed by atoms with Crippen LogP contribution >= 0.6 is 23.1 Å². The summed E-state index contributed by atoms with van der Waals surface area (Å²) in [4.78, 5) is 47.3. The lowest BCUT2D eigenvalue weighted by Gasteiger charge is -2.12. The number of carbonyl (C=O) groups excluding carboxylic acids is 2. The summed E-state index contributed by atoms with van der Waals surface area (Å²) in [6.07, 6.45) is 6.33. The number of carbonyl (C=O) groups is 2. The van der Waals surface area contributed by atoms with Crippen molar-refractivity contribution >= 4 is 51.0 Å². The smallest absolute Gasteiger partial charge is 0.341 e. The number of nitrogens with one attached hydrogen (secondary N) is 2. The lowest BCUT2D eigenvalue weighted by molar-refractivity contribution is -0.115. The molecule has 1 unspecified atom stereocenters. The molecule has 3 aromatic heterocycles. The Kier molecular flexibility index (Phi) is 8.03. The van der Waals surface area contributed by atoms with Crippen molar-refractivity contribution in [1.29, 1.82) is 0 Å². The minimum absolute atomic E-state index is 0.262. The van der Waals surface area contributed by atoms with E-state index in [4.69, 9.17) is 9.47 Å². The molecule has 10 nitrogen and oxygen atoms in total. The second kappa shape index (κ2) is 11.6. The van der Waals surface area contributed by atoms with Gasteiger partial charge in [-0.05, 0) is 69.4 Å². The zero-order valence-corrected chi connectivity index (χ0v) is 23.5. The van der Waals surface area contributed by atoms with Gasteiger partial charge in [0.2, 0.25) is 5.91 Å². The zero-order valence-electron chi connectivity index (χ0n) is 21.9. The fourth-order valence-electron chi connectivity index (χ4n) is 4.55. The van der Waals surface area contributed by atoms with Crippen LogP contribution in [0.15, 0.2) is 40.4 Å². The minimum atomic E-state index is -0.611. The van der Waals surface area contributed by atoms with Gasteiger partial charge in [0, 0.05) is 4.88 Å². The highest BCUT2D eigenvalue weighted by Crippen LogP contribution is 2.38. The maximum Gasteiger partial charge on any atom is 0.341 e. The van der Waals surface area contributed by atoms with Crippen LogP contribution in [0.1, 0.15) is 53.9 Å². The molecular weight excluding hydrogens is 538 g/mol. The summed E-state index contributed by atoms with van der Waals surface area (Å²) in [5, 5.41) is 7.82. The van der Waals surface area contributed by atoms with Gasteiger partial charge in [0.05, 0.1) is 36.4 Å². The van der Waals surface area contributed by atoms with E-state index in [1.54, 1.807) is 37.8 Å². The summed E-state index contributed by atoms with van der Waals surface area (Å²) < 4.78 is 12.1. The van der Waals surface area contributed by atoms with E-state index in [2.05, 4.69) is 20.4 Å². The summed E-state index contributed by atoms with van der Waals surface area (Å²) >= 11 is 2.58. The maximum absolute atomic E-state index is 13.3. The molecule has 3 heterocycles. The van der Waals surface area contributed by atoms with Crippen LogP contribution in [-0.4, -0.2) is 50.6 Å². The zero-order chi connectivity index (χ0) is 27.5. The van der Waals surface area contributed by atoms with Crippen LogP contribution in [0.5, 0.6) is 5.75 Å². The SMILES string of the molecule is CCOC(=O)c1c(NC(=O)C(C)Sc2nc3c(cnn3-c3ccc(OC)cc3)c(=O)[nH]2)sc2c1CCCCC2. The van der Waals surface area contributed by atoms with Gasteiger partial charge in [-0.25, -0.2) is 14.5 Å². The van der Waals surface area contributed by atoms with Gasteiger partial charge in [-0.2, -0.15) is 5.10 Å². The molecule has 0 spiro atoms. The third-order valence-corrected chi connectivity index (χ3v) is 8.72. The summed E-state index contributed by atoms with van der Waals surface area (Å²) in [6.45, 7) is 3.76. The second-order valence-electron chi connectivity index (χ2n) is 9.10. The molecular formula is C27H29N5O5S2. The second-order valence-corrected chi connectivity index (χ2v) is 11.5. The molecule has 1 amide bonds. The Hall–Kier alpha value is -3.64. The molecule has 0 saturated carbocycles. The Labute approximate surface area is 233 Å². The molecule has 1 aliphatic rings. The first kappa shape index (κ1) is 26.9. The Morgan fingerprint density at radius 1 is 1.21 bits per heavy atom. The molecule has 0 bridgehead atoms. The highest BCUT2D eigenvalue weighted by atomic mass is 32.2. The van der Waals surface area contributed by atoms with Crippen LogP contribution in [0.2, 0.25) is 0 Å². The number of amides is 1. The fourth-order valence-corrected chi connectivity index (χ4v) is 6.62. The molecule has 12 heteroatoms. The Morgan fingerprint density at radius 3 is 2.72 bits per heavy atom. The van der Waals surface area contributed by atoms with Gasteiger partial charge in [0.15, 0.2) is 10.8 Å². The molecule has 0 radical (unpaired) electrons. The van der Waals surface area contributed by atoms with E-state index in [0.717, 1.165) is 60.0 Å². The van der Waals surface area contributed by atoms with Crippen molar-refractivity contribution in [2.75, 3.05) is 19.0 Å². The molecule has 1 atom stereocenters. The fraction of sp³-hybridized carbons (Fsp3) is 0.370. The van der Waals surface area contributed by atoms with Crippen molar-refractivity contribution in [3.05, 3.63) is 56.8 Å². The standard InChI is InChI=1S/C27H29N5O5S2/c1-4-37-26(35)21-18-8-6-5-7-9-20(18)39-25(21)30-23(33)15(2)38-27-29-22-19(24(34)31-27)14-28-32(22)16-10-12-17(36-3)13-11-16/h10-15H,4-9H2,1-3H3,(H,30,33)(H,29,31,34). The lowest BCUT2D eigenvalue weighted by atomic mass is 10.1. The number of rotatable bonds is 8. The van der Waals surface area contributed by atoms with Crippen molar-refractivity contribution in [2.45, 2.75) is 56.4 Å². The quantitative estimate of drug-likeness (QED) is 0.135. The highest BCUT2D eigenvalue weighted by Gasteiger charge is 2.28. The number of esters is 1. The van der Waals surface area contributed by atoms with Gasteiger partial charge < -0.3 is 19.8 Å². The number of H-pyrrole nitrogens is 1. The Balaban J connectivity index is 1.38. The summed E-state index contributed by atoms with van der Waals surface area (Å²) in [7, 11) is 1.59. The molecule has 1 aromatic carbocycles. The third-order valence-electron chi connectivity index (χ3n) is 6.53. The number of ether oxygens (including phenoxy) is 2. The van der Waals surface area contributed by atoms with Gasteiger partial charge in [0.25, 0.3) is 5.56 Å². The molecule has 4 aromatic rings. The van der Waals surface area contributed by atoms with E-state index in [1.807, 2.05) is 12.1 Å². The Morgan fingerprint density at radius 2 is 1.97 bits per heavy atom. The first-order valence-corrected chi connectivity index (χ1v) is 14.5. The first-order valence-electron chi connectivity index (χ1n) is 12.8. The minimum Gasteiger partial charge on any atom is -0.497 e. The van der Waals surface area contributed by atoms with Gasteiger partial charge in [-0.1, -0.05) is 18.2 Å². The Bertz CT molecular complexity index is 1570. The third kappa shape index (κ3) is 5.57. The van der Waals surface area contributed by atoms with E-state index in [-0.39, 0.29) is 23.2 Å². The molecule has 0 fully saturated rings. The number of hydrogen-bond donors (Lipinski definition) is 2. The first-order chi connectivity index (χ1) is 18.9. The number of thiophene rings is 1. The van der Waals surface area contributed by atoms with E-state index >= 15 is 0 Å². The topological polar surface area (TPSA) is 128 Å². The highest BCUT2D eigenvalue weighted by molar-refractivity contribution is 8.00. The number of aromatic nitrogens is 4. The molecule has 5 rings (SSSR count). The predicted octanol–water partition coefficient (Wildman–Crippen LogP) is 4.74. The van der Waals surface area contributed by atoms with Crippen LogP contribution < -0.4 is 15.6 Å². The van der Waals surface area contributed by atoms with Gasteiger partial charge in [-0.3, -0.25) is 9.59 Å². The number of hydrogen-bond acceptors (Lipinski definition) is 9. The van der Waals surface area contributed by atoms with Crippen molar-refractivity contribution in [1.82, 2.24) is 19.7 Å². The number of aryl methyl sites for hydroxylation is 1. The maximum atomic E-state index is 13.3. The number of benzene rings is 1. The molecule has 2 N–H and O–H groups in total. The van der Waals surface area contributed by atoms with Crippen LogP contribution in [0.3, 0.4) is 0 Å². The number of fused-ring (bicyclic) bond motifs is 2. The molecule has 204 valence electrons. The van der Waals surface area contributed by atoms with Crippen LogP contribution in [0, 0.1) is 0 Å². The van der Waals surface area contributed by atoms with Crippen LogP contribution in [-0.2, 0) is 22.4 Å². The largest absolute Gasteiger partial charge is 0.497 e. The van der Waals surface area contributed by atoms with Crippen molar-refractivity contribution in [3.63, 3.8) is 0 Å². The average Bonchev–Trinajstić information content (AvgIpc) is 3.42. The lowest BCUT2D eigenvalue weighted by Crippen LogP contribution is -2.24. The number of anilines is 1. The molecule has 39 heavy (non-hydrogen) atoms. The average molecular weight is 568 g/mol. The summed E-state index contributed by atoms with van der Waals surface area (Å²) in [5.74, 6) is -0.00511. The van der Waals surface area contributed by atoms with Crippen molar-refractivity contribution in [3.8, 4) is 11.4 Å². The van der Waals surface area contributed by atoms with E-state index < -0.39 is 11.2 Å². The van der Waals surface area contributed by atoms with Gasteiger partial charge in [-0.15, -0.1) is 11.3 Å².